The zero-order valence-corrected chi connectivity index (χ0v) is 14.1. The fourth-order valence-corrected chi connectivity index (χ4v) is 2.38. The third kappa shape index (κ3) is 5.40. The van der Waals surface area contributed by atoms with E-state index in [1.54, 1.807) is 18.2 Å². The minimum atomic E-state index is -0.652. The van der Waals surface area contributed by atoms with Crippen molar-refractivity contribution in [2.45, 2.75) is 6.10 Å². The maximum atomic E-state index is 9.91. The van der Waals surface area contributed by atoms with Crippen molar-refractivity contribution in [1.29, 1.82) is 0 Å². The molecule has 0 radical (unpaired) electrons. The molecular weight excluding hydrogens is 377 g/mol. The van der Waals surface area contributed by atoms with Crippen LogP contribution in [0.4, 0.5) is 5.69 Å². The minimum absolute atomic E-state index is 0.194. The standard InChI is InChI=1S/C15H14BrCl2NO2/c16-10-1-4-13(5-2-10)21-9-12(20)8-19-15-6-3-11(17)7-14(15)18/h1-7,12,19-20H,8-9H2. The van der Waals surface area contributed by atoms with E-state index in [4.69, 9.17) is 27.9 Å². The minimum Gasteiger partial charge on any atom is -0.491 e. The van der Waals surface area contributed by atoms with Gasteiger partial charge < -0.3 is 15.2 Å². The smallest absolute Gasteiger partial charge is 0.119 e. The topological polar surface area (TPSA) is 41.5 Å². The van der Waals surface area contributed by atoms with E-state index in [9.17, 15) is 5.11 Å². The summed E-state index contributed by atoms with van der Waals surface area (Å²) >= 11 is 15.2. The number of aliphatic hydroxyl groups is 1. The maximum absolute atomic E-state index is 9.91. The highest BCUT2D eigenvalue weighted by atomic mass is 79.9. The first-order valence-corrected chi connectivity index (χ1v) is 7.85. The lowest BCUT2D eigenvalue weighted by Gasteiger charge is -2.15. The second-order valence-electron chi connectivity index (χ2n) is 4.42. The number of hydrogen-bond donors (Lipinski definition) is 2. The number of hydrogen-bond acceptors (Lipinski definition) is 3. The van der Waals surface area contributed by atoms with Gasteiger partial charge in [-0.3, -0.25) is 0 Å². The summed E-state index contributed by atoms with van der Waals surface area (Å²) in [5.41, 5.74) is 0.726. The van der Waals surface area contributed by atoms with Crippen LogP contribution in [0.1, 0.15) is 0 Å². The number of nitrogens with one attached hydrogen (secondary N) is 1. The van der Waals surface area contributed by atoms with E-state index >= 15 is 0 Å². The van der Waals surface area contributed by atoms with Gasteiger partial charge in [0.2, 0.25) is 0 Å². The van der Waals surface area contributed by atoms with E-state index in [0.717, 1.165) is 10.2 Å². The average molecular weight is 391 g/mol. The monoisotopic (exact) mass is 389 g/mol. The van der Waals surface area contributed by atoms with Crippen LogP contribution in [0.15, 0.2) is 46.9 Å². The summed E-state index contributed by atoms with van der Waals surface area (Å²) in [7, 11) is 0. The number of rotatable bonds is 6. The van der Waals surface area contributed by atoms with Gasteiger partial charge in [0.1, 0.15) is 18.5 Å². The summed E-state index contributed by atoms with van der Waals surface area (Å²) in [6.45, 7) is 0.526. The van der Waals surface area contributed by atoms with Crippen LogP contribution in [0.3, 0.4) is 0 Å². The van der Waals surface area contributed by atoms with E-state index in [2.05, 4.69) is 21.2 Å². The second kappa shape index (κ2) is 7.90. The molecule has 0 amide bonds. The Morgan fingerprint density at radius 3 is 2.52 bits per heavy atom. The summed E-state index contributed by atoms with van der Waals surface area (Å²) in [6, 6.07) is 12.6. The maximum Gasteiger partial charge on any atom is 0.119 e. The molecule has 2 aromatic rings. The second-order valence-corrected chi connectivity index (χ2v) is 6.18. The third-order valence-electron chi connectivity index (χ3n) is 2.72. The molecule has 0 bridgehead atoms. The van der Waals surface area contributed by atoms with Crippen molar-refractivity contribution in [3.63, 3.8) is 0 Å². The van der Waals surface area contributed by atoms with Crippen LogP contribution < -0.4 is 10.1 Å². The Balaban J connectivity index is 1.79. The number of benzene rings is 2. The molecule has 0 spiro atoms. The Morgan fingerprint density at radius 2 is 1.86 bits per heavy atom. The van der Waals surface area contributed by atoms with Crippen molar-refractivity contribution >= 4 is 44.8 Å². The summed E-state index contributed by atoms with van der Waals surface area (Å²) < 4.78 is 6.48. The van der Waals surface area contributed by atoms with E-state index < -0.39 is 6.10 Å². The first-order chi connectivity index (χ1) is 10.0. The predicted molar refractivity (Wildman–Crippen MR) is 90.6 cm³/mol. The fourth-order valence-electron chi connectivity index (χ4n) is 1.64. The van der Waals surface area contributed by atoms with E-state index in [0.29, 0.717) is 22.3 Å². The molecule has 2 rings (SSSR count). The first kappa shape index (κ1) is 16.4. The predicted octanol–water partition coefficient (Wildman–Crippen LogP) is 4.61. The van der Waals surface area contributed by atoms with Crippen molar-refractivity contribution in [2.75, 3.05) is 18.5 Å². The largest absolute Gasteiger partial charge is 0.491 e. The lowest BCUT2D eigenvalue weighted by molar-refractivity contribution is 0.117. The molecule has 21 heavy (non-hydrogen) atoms. The Morgan fingerprint density at radius 1 is 1.14 bits per heavy atom. The first-order valence-electron chi connectivity index (χ1n) is 6.30. The molecule has 0 fully saturated rings. The molecule has 2 aromatic carbocycles. The van der Waals surface area contributed by atoms with Gasteiger partial charge in [-0.15, -0.1) is 0 Å². The molecule has 3 nitrogen and oxygen atoms in total. The quantitative estimate of drug-likeness (QED) is 0.756. The van der Waals surface area contributed by atoms with Gasteiger partial charge in [-0.05, 0) is 42.5 Å². The molecule has 0 aromatic heterocycles. The van der Waals surface area contributed by atoms with Crippen LogP contribution in [-0.4, -0.2) is 24.4 Å². The Bertz CT molecular complexity index is 593. The molecular formula is C15H14BrCl2NO2. The summed E-state index contributed by atoms with van der Waals surface area (Å²) in [5.74, 6) is 0.710. The molecule has 2 N–H and O–H groups in total. The van der Waals surface area contributed by atoms with Gasteiger partial charge >= 0.3 is 0 Å². The van der Waals surface area contributed by atoms with Gasteiger partial charge in [-0.1, -0.05) is 39.1 Å². The average Bonchev–Trinajstić information content (AvgIpc) is 2.46. The lowest BCUT2D eigenvalue weighted by Crippen LogP contribution is -2.26. The molecule has 1 unspecified atom stereocenters. The summed E-state index contributed by atoms with van der Waals surface area (Å²) in [4.78, 5) is 0. The van der Waals surface area contributed by atoms with Gasteiger partial charge in [-0.25, -0.2) is 0 Å². The van der Waals surface area contributed by atoms with Gasteiger partial charge in [0, 0.05) is 16.0 Å². The van der Waals surface area contributed by atoms with E-state index in [-0.39, 0.29) is 6.61 Å². The number of aliphatic hydroxyl groups excluding tert-OH is 1. The number of ether oxygens (including phenoxy) is 1. The highest BCUT2D eigenvalue weighted by Gasteiger charge is 2.07. The van der Waals surface area contributed by atoms with Crippen LogP contribution in [0, 0.1) is 0 Å². The fraction of sp³-hybridized carbons (Fsp3) is 0.200. The molecule has 0 heterocycles. The van der Waals surface area contributed by atoms with Crippen LogP contribution in [0.2, 0.25) is 10.0 Å². The Kier molecular flexibility index (Phi) is 6.18. The van der Waals surface area contributed by atoms with Crippen molar-refractivity contribution in [1.82, 2.24) is 0 Å². The van der Waals surface area contributed by atoms with Gasteiger partial charge in [0.25, 0.3) is 0 Å². The molecule has 112 valence electrons. The molecule has 0 aliphatic heterocycles. The normalized spacial score (nSPS) is 12.0. The summed E-state index contributed by atoms with van der Waals surface area (Å²) in [6.07, 6.45) is -0.652. The van der Waals surface area contributed by atoms with Crippen LogP contribution in [-0.2, 0) is 0 Å². The Labute approximate surface area is 142 Å². The lowest BCUT2D eigenvalue weighted by atomic mass is 10.3. The molecule has 1 atom stereocenters. The molecule has 0 aliphatic rings. The van der Waals surface area contributed by atoms with Gasteiger partial charge in [-0.2, -0.15) is 0 Å². The number of halogens is 3. The van der Waals surface area contributed by atoms with Crippen molar-refractivity contribution in [3.05, 3.63) is 57.0 Å². The van der Waals surface area contributed by atoms with E-state index in [1.165, 1.54) is 0 Å². The Hall–Kier alpha value is -0.940. The third-order valence-corrected chi connectivity index (χ3v) is 3.79. The SMILES string of the molecule is OC(CNc1ccc(Cl)cc1Cl)COc1ccc(Br)cc1. The summed E-state index contributed by atoms with van der Waals surface area (Å²) in [5, 5.41) is 14.1. The molecule has 6 heteroatoms. The number of anilines is 1. The zero-order chi connectivity index (χ0) is 15.2. The van der Waals surface area contributed by atoms with Crippen LogP contribution in [0.25, 0.3) is 0 Å². The highest BCUT2D eigenvalue weighted by molar-refractivity contribution is 9.10. The van der Waals surface area contributed by atoms with Gasteiger partial charge in [0.05, 0.1) is 10.7 Å². The van der Waals surface area contributed by atoms with Crippen molar-refractivity contribution in [2.24, 2.45) is 0 Å². The zero-order valence-electron chi connectivity index (χ0n) is 11.0. The highest BCUT2D eigenvalue weighted by Crippen LogP contribution is 2.25. The van der Waals surface area contributed by atoms with Crippen LogP contribution >= 0.6 is 39.1 Å². The van der Waals surface area contributed by atoms with Crippen molar-refractivity contribution in [3.8, 4) is 5.75 Å². The molecule has 0 saturated carbocycles. The molecule has 0 aliphatic carbocycles. The van der Waals surface area contributed by atoms with Crippen molar-refractivity contribution < 1.29 is 9.84 Å². The molecule has 0 saturated heterocycles. The van der Waals surface area contributed by atoms with Gasteiger partial charge in [0.15, 0.2) is 0 Å². The van der Waals surface area contributed by atoms with Crippen LogP contribution in [0.5, 0.6) is 5.75 Å². The van der Waals surface area contributed by atoms with E-state index in [1.807, 2.05) is 24.3 Å².